The number of hydrogen-bond donors (Lipinski definition) is 2. The maximum atomic E-state index is 11.7. The lowest BCUT2D eigenvalue weighted by atomic mass is 10.2. The van der Waals surface area contributed by atoms with Gasteiger partial charge in [0.2, 0.25) is 5.91 Å². The van der Waals surface area contributed by atoms with Crippen molar-refractivity contribution in [3.05, 3.63) is 0 Å². The minimum Gasteiger partial charge on any atom is -0.352 e. The molecule has 4 heteroatoms. The summed E-state index contributed by atoms with van der Waals surface area (Å²) < 4.78 is 0. The van der Waals surface area contributed by atoms with Crippen molar-refractivity contribution in [3.8, 4) is 0 Å². The van der Waals surface area contributed by atoms with Crippen molar-refractivity contribution in [2.45, 2.75) is 64.6 Å². The highest BCUT2D eigenvalue weighted by Crippen LogP contribution is 2.26. The van der Waals surface area contributed by atoms with E-state index in [9.17, 15) is 4.79 Å². The quantitative estimate of drug-likeness (QED) is 0.654. The number of nitrogens with one attached hydrogen (secondary N) is 2. The molecule has 1 fully saturated rings. The first-order valence-electron chi connectivity index (χ1n) is 7.30. The summed E-state index contributed by atoms with van der Waals surface area (Å²) in [6.07, 6.45) is 4.66. The fourth-order valence-electron chi connectivity index (χ4n) is 2.15. The molecule has 1 aliphatic rings. The fraction of sp³-hybridized carbons (Fsp3) is 0.929. The highest BCUT2D eigenvalue weighted by atomic mass is 16.1. The Morgan fingerprint density at radius 1 is 1.33 bits per heavy atom. The van der Waals surface area contributed by atoms with Crippen molar-refractivity contribution >= 4 is 5.91 Å². The van der Waals surface area contributed by atoms with Gasteiger partial charge in [0, 0.05) is 24.7 Å². The Morgan fingerprint density at radius 3 is 2.44 bits per heavy atom. The lowest BCUT2D eigenvalue weighted by Gasteiger charge is -2.24. The molecule has 2 N–H and O–H groups in total. The van der Waals surface area contributed by atoms with Gasteiger partial charge in [-0.05, 0) is 39.7 Å². The first-order chi connectivity index (χ1) is 8.58. The Morgan fingerprint density at radius 2 is 1.94 bits per heavy atom. The van der Waals surface area contributed by atoms with Crippen molar-refractivity contribution in [1.82, 2.24) is 15.5 Å². The molecule has 0 aliphatic heterocycles. The summed E-state index contributed by atoms with van der Waals surface area (Å²) in [6.45, 7) is 7.73. The van der Waals surface area contributed by atoms with E-state index in [2.05, 4.69) is 43.4 Å². The molecule has 18 heavy (non-hydrogen) atoms. The van der Waals surface area contributed by atoms with Crippen LogP contribution in [0.25, 0.3) is 0 Å². The minimum absolute atomic E-state index is 0.116. The maximum absolute atomic E-state index is 11.7. The molecule has 0 aromatic heterocycles. The Hall–Kier alpha value is -0.610. The van der Waals surface area contributed by atoms with Crippen LogP contribution in [-0.4, -0.2) is 49.1 Å². The van der Waals surface area contributed by atoms with Gasteiger partial charge >= 0.3 is 0 Å². The van der Waals surface area contributed by atoms with Crippen molar-refractivity contribution in [1.29, 1.82) is 0 Å². The van der Waals surface area contributed by atoms with Crippen LogP contribution in [0.3, 0.4) is 0 Å². The van der Waals surface area contributed by atoms with Crippen LogP contribution < -0.4 is 10.6 Å². The van der Waals surface area contributed by atoms with Crippen LogP contribution in [0.4, 0.5) is 0 Å². The van der Waals surface area contributed by atoms with E-state index in [1.807, 2.05) is 0 Å². The van der Waals surface area contributed by atoms with Gasteiger partial charge in [-0.25, -0.2) is 0 Å². The van der Waals surface area contributed by atoms with E-state index in [1.54, 1.807) is 0 Å². The smallest absolute Gasteiger partial charge is 0.234 e. The van der Waals surface area contributed by atoms with E-state index in [1.165, 1.54) is 12.8 Å². The molecule has 1 saturated carbocycles. The molecule has 0 radical (unpaired) electrons. The number of hydrogen-bond acceptors (Lipinski definition) is 3. The van der Waals surface area contributed by atoms with Gasteiger partial charge in [-0.3, -0.25) is 9.69 Å². The van der Waals surface area contributed by atoms with Gasteiger partial charge in [-0.1, -0.05) is 13.8 Å². The Kier molecular flexibility index (Phi) is 6.65. The molecule has 0 bridgehead atoms. The largest absolute Gasteiger partial charge is 0.352 e. The number of carbonyl (C=O) groups is 1. The number of amides is 1. The average molecular weight is 255 g/mol. The molecule has 1 amide bonds. The predicted molar refractivity (Wildman–Crippen MR) is 75.6 cm³/mol. The molecule has 0 aromatic rings. The normalized spacial score (nSPS) is 17.2. The lowest BCUT2D eigenvalue weighted by molar-refractivity contribution is -0.121. The highest BCUT2D eigenvalue weighted by Gasteiger charge is 2.28. The Bertz CT molecular complexity index is 249. The number of likely N-dealkylation sites (N-methyl/N-ethyl adjacent to an activating group) is 1. The zero-order valence-electron chi connectivity index (χ0n) is 12.3. The molecule has 0 heterocycles. The van der Waals surface area contributed by atoms with Crippen LogP contribution in [0.1, 0.15) is 46.5 Å². The van der Waals surface area contributed by atoms with Gasteiger partial charge in [0.05, 0.1) is 6.54 Å². The first-order valence-corrected chi connectivity index (χ1v) is 7.30. The third-order valence-corrected chi connectivity index (χ3v) is 3.89. The summed E-state index contributed by atoms with van der Waals surface area (Å²) in [7, 11) is 2.17. The van der Waals surface area contributed by atoms with E-state index in [0.29, 0.717) is 18.6 Å². The number of nitrogens with zero attached hydrogens (tertiary/aromatic N) is 1. The molecule has 1 rings (SSSR count). The monoisotopic (exact) mass is 255 g/mol. The number of rotatable bonds is 9. The van der Waals surface area contributed by atoms with Gasteiger partial charge in [0.15, 0.2) is 0 Å². The molecular formula is C14H29N3O. The van der Waals surface area contributed by atoms with Crippen molar-refractivity contribution in [3.63, 3.8) is 0 Å². The molecule has 1 atom stereocenters. The van der Waals surface area contributed by atoms with Crippen molar-refractivity contribution in [2.75, 3.05) is 20.1 Å². The fourth-order valence-corrected chi connectivity index (χ4v) is 2.15. The number of carbonyl (C=O) groups excluding carboxylic acids is 1. The summed E-state index contributed by atoms with van der Waals surface area (Å²) >= 11 is 0. The molecule has 4 nitrogen and oxygen atoms in total. The highest BCUT2D eigenvalue weighted by molar-refractivity contribution is 5.78. The summed E-state index contributed by atoms with van der Waals surface area (Å²) in [4.78, 5) is 14.1. The van der Waals surface area contributed by atoms with Gasteiger partial charge < -0.3 is 10.6 Å². The second-order valence-electron chi connectivity index (χ2n) is 5.46. The van der Waals surface area contributed by atoms with Gasteiger partial charge in [-0.15, -0.1) is 0 Å². The second-order valence-corrected chi connectivity index (χ2v) is 5.46. The van der Waals surface area contributed by atoms with Crippen LogP contribution in [0.2, 0.25) is 0 Å². The van der Waals surface area contributed by atoms with Crippen LogP contribution in [-0.2, 0) is 4.79 Å². The van der Waals surface area contributed by atoms with E-state index in [0.717, 1.165) is 25.4 Å². The molecule has 1 unspecified atom stereocenters. The summed E-state index contributed by atoms with van der Waals surface area (Å²) in [5, 5.41) is 6.29. The molecule has 0 spiro atoms. The predicted octanol–water partition coefficient (Wildman–Crippen LogP) is 1.36. The topological polar surface area (TPSA) is 44.4 Å². The standard InChI is InChI=1S/C14H29N3O/c1-5-12(6-2)16-14(18)10-15-9-11(3)17(4)13-7-8-13/h11-13,15H,5-10H2,1-4H3,(H,16,18). The molecule has 106 valence electrons. The van der Waals surface area contributed by atoms with Crippen LogP contribution in [0.15, 0.2) is 0 Å². The van der Waals surface area contributed by atoms with Gasteiger partial charge in [-0.2, -0.15) is 0 Å². The second kappa shape index (κ2) is 7.74. The summed E-state index contributed by atoms with van der Waals surface area (Å²) in [5.41, 5.74) is 0. The summed E-state index contributed by atoms with van der Waals surface area (Å²) in [5.74, 6) is 0.116. The summed E-state index contributed by atoms with van der Waals surface area (Å²) in [6, 6.07) is 1.60. The molecule has 0 aromatic carbocycles. The minimum atomic E-state index is 0.116. The third-order valence-electron chi connectivity index (χ3n) is 3.89. The van der Waals surface area contributed by atoms with Crippen LogP contribution in [0, 0.1) is 0 Å². The third kappa shape index (κ3) is 5.36. The Balaban J connectivity index is 2.10. The zero-order valence-corrected chi connectivity index (χ0v) is 12.3. The van der Waals surface area contributed by atoms with E-state index >= 15 is 0 Å². The molecule has 1 aliphatic carbocycles. The SMILES string of the molecule is CCC(CC)NC(=O)CNCC(C)N(C)C1CC1. The van der Waals surface area contributed by atoms with E-state index in [-0.39, 0.29) is 5.91 Å². The average Bonchev–Trinajstić information content (AvgIpc) is 3.19. The Labute approximate surface area is 111 Å². The van der Waals surface area contributed by atoms with Crippen molar-refractivity contribution < 1.29 is 4.79 Å². The molecule has 0 saturated heterocycles. The first kappa shape index (κ1) is 15.4. The molecular weight excluding hydrogens is 226 g/mol. The lowest BCUT2D eigenvalue weighted by Crippen LogP contribution is -2.44. The van der Waals surface area contributed by atoms with Crippen molar-refractivity contribution in [2.24, 2.45) is 0 Å². The van der Waals surface area contributed by atoms with E-state index < -0.39 is 0 Å². The van der Waals surface area contributed by atoms with Gasteiger partial charge in [0.25, 0.3) is 0 Å². The maximum Gasteiger partial charge on any atom is 0.234 e. The van der Waals surface area contributed by atoms with Crippen LogP contribution >= 0.6 is 0 Å². The van der Waals surface area contributed by atoms with Crippen LogP contribution in [0.5, 0.6) is 0 Å². The van der Waals surface area contributed by atoms with E-state index in [4.69, 9.17) is 0 Å². The zero-order chi connectivity index (χ0) is 13.5. The van der Waals surface area contributed by atoms with Gasteiger partial charge in [0.1, 0.15) is 0 Å².